The van der Waals surface area contributed by atoms with E-state index in [-0.39, 0.29) is 29.3 Å². The SMILES string of the molecule is C=CC(=O)N[C@H]1COC[C@H]1Nc1cc2c(C3CCC4(CCOC4)C3)nc(-c3c(Cl)c(OC)cc(OC)c3Cl)cc2cn1. The molecule has 6 rings (SSSR count). The number of methoxy groups -OCH3 is 2. The zero-order valence-corrected chi connectivity index (χ0v) is 25.2. The monoisotopic (exact) mass is 612 g/mol. The molecule has 2 aromatic heterocycles. The number of amides is 1. The average molecular weight is 614 g/mol. The molecule has 4 atom stereocenters. The van der Waals surface area contributed by atoms with Crippen LogP contribution in [0.1, 0.15) is 37.3 Å². The van der Waals surface area contributed by atoms with Gasteiger partial charge in [0.2, 0.25) is 5.91 Å². The second kappa shape index (κ2) is 11.9. The lowest BCUT2D eigenvalue weighted by Gasteiger charge is -2.23. The van der Waals surface area contributed by atoms with Crippen molar-refractivity contribution in [2.75, 3.05) is 46.0 Å². The van der Waals surface area contributed by atoms with Gasteiger partial charge in [0.25, 0.3) is 0 Å². The number of fused-ring (bicyclic) bond motifs is 1. The first-order chi connectivity index (χ1) is 20.3. The third-order valence-corrected chi connectivity index (χ3v) is 9.53. The number of nitrogens with one attached hydrogen (secondary N) is 2. The highest BCUT2D eigenvalue weighted by Gasteiger charge is 2.43. The highest BCUT2D eigenvalue weighted by atomic mass is 35.5. The minimum Gasteiger partial charge on any atom is -0.495 e. The summed E-state index contributed by atoms with van der Waals surface area (Å²) in [5.41, 5.74) is 2.35. The average Bonchev–Trinajstić information content (AvgIpc) is 3.75. The summed E-state index contributed by atoms with van der Waals surface area (Å²) in [5.74, 6) is 1.58. The second-order valence-electron chi connectivity index (χ2n) is 11.3. The van der Waals surface area contributed by atoms with Crippen molar-refractivity contribution < 1.29 is 23.7 Å². The van der Waals surface area contributed by atoms with Crippen LogP contribution < -0.4 is 20.1 Å². The molecule has 3 fully saturated rings. The number of benzene rings is 1. The topological polar surface area (TPSA) is 104 Å². The van der Waals surface area contributed by atoms with Gasteiger partial charge in [0, 0.05) is 41.1 Å². The summed E-state index contributed by atoms with van der Waals surface area (Å²) in [4.78, 5) is 21.9. The molecule has 2 N–H and O–H groups in total. The van der Waals surface area contributed by atoms with Gasteiger partial charge in [0.15, 0.2) is 0 Å². The van der Waals surface area contributed by atoms with Crippen LogP contribution >= 0.6 is 23.2 Å². The summed E-state index contributed by atoms with van der Waals surface area (Å²) in [7, 11) is 3.11. The van der Waals surface area contributed by atoms with Gasteiger partial charge in [-0.05, 0) is 49.3 Å². The number of carbonyl (C=O) groups excluding carboxylic acids is 1. The first-order valence-electron chi connectivity index (χ1n) is 14.1. The van der Waals surface area contributed by atoms with Gasteiger partial charge in [-0.1, -0.05) is 29.8 Å². The van der Waals surface area contributed by atoms with E-state index in [1.54, 1.807) is 20.3 Å². The summed E-state index contributed by atoms with van der Waals surface area (Å²) in [6.07, 6.45) is 7.27. The van der Waals surface area contributed by atoms with Crippen molar-refractivity contribution in [1.29, 1.82) is 0 Å². The lowest BCUT2D eigenvalue weighted by Crippen LogP contribution is -2.45. The third kappa shape index (κ3) is 5.39. The number of nitrogens with zero attached hydrogens (tertiary/aromatic N) is 2. The zero-order valence-electron chi connectivity index (χ0n) is 23.7. The Bertz CT molecular complexity index is 1500. The van der Waals surface area contributed by atoms with Crippen LogP contribution in [0.3, 0.4) is 0 Å². The van der Waals surface area contributed by atoms with Gasteiger partial charge < -0.3 is 29.6 Å². The van der Waals surface area contributed by atoms with E-state index < -0.39 is 0 Å². The standard InChI is InChI=1S/C31H34Cl2N4O5/c1-4-26(38)36-22-15-42-14-21(22)35-25-10-19-18(13-34-25)9-20(27-28(32)23(39-2)11-24(40-3)29(27)33)37-30(19)17-5-6-31(12-17)7-8-41-16-31/h4,9-11,13,17,21-22H,1,5-8,12,14-16H2,2-3H3,(H,34,35)(H,36,38)/t17?,21-,22+,31?/m1/s1. The molecule has 1 amide bonds. The summed E-state index contributed by atoms with van der Waals surface area (Å²) in [6, 6.07) is 5.33. The summed E-state index contributed by atoms with van der Waals surface area (Å²) in [5, 5.41) is 9.05. The van der Waals surface area contributed by atoms with Gasteiger partial charge in [-0.2, -0.15) is 0 Å². The van der Waals surface area contributed by atoms with Crippen LogP contribution in [0.5, 0.6) is 11.5 Å². The quantitative estimate of drug-likeness (QED) is 0.309. The van der Waals surface area contributed by atoms with Crippen LogP contribution in [-0.4, -0.2) is 68.6 Å². The number of pyridine rings is 2. The molecular formula is C31H34Cl2N4O5. The van der Waals surface area contributed by atoms with Crippen molar-refractivity contribution in [1.82, 2.24) is 15.3 Å². The number of hydrogen-bond donors (Lipinski definition) is 2. The second-order valence-corrected chi connectivity index (χ2v) is 12.1. The molecule has 1 aliphatic carbocycles. The van der Waals surface area contributed by atoms with E-state index in [0.717, 1.165) is 55.4 Å². The molecule has 0 bridgehead atoms. The highest BCUT2D eigenvalue weighted by molar-refractivity contribution is 6.41. The number of halogens is 2. The molecule has 9 nitrogen and oxygen atoms in total. The van der Waals surface area contributed by atoms with Crippen LogP contribution in [0.4, 0.5) is 5.82 Å². The molecular weight excluding hydrogens is 579 g/mol. The van der Waals surface area contributed by atoms with Crippen LogP contribution in [0.25, 0.3) is 22.0 Å². The van der Waals surface area contributed by atoms with Crippen LogP contribution in [0.2, 0.25) is 10.0 Å². The van der Waals surface area contributed by atoms with Crippen molar-refractivity contribution in [2.45, 2.75) is 43.7 Å². The third-order valence-electron chi connectivity index (χ3n) is 8.77. The predicted octanol–water partition coefficient (Wildman–Crippen LogP) is 5.78. The van der Waals surface area contributed by atoms with Crippen molar-refractivity contribution in [3.63, 3.8) is 0 Å². The molecule has 1 aromatic carbocycles. The molecule has 3 aromatic rings. The Morgan fingerprint density at radius 3 is 2.55 bits per heavy atom. The van der Waals surface area contributed by atoms with Gasteiger partial charge >= 0.3 is 0 Å². The van der Waals surface area contributed by atoms with E-state index in [9.17, 15) is 4.79 Å². The van der Waals surface area contributed by atoms with Gasteiger partial charge in [-0.3, -0.25) is 9.78 Å². The van der Waals surface area contributed by atoms with E-state index in [1.165, 1.54) is 6.08 Å². The number of ether oxygens (including phenoxy) is 4. The first-order valence-corrected chi connectivity index (χ1v) is 14.9. The van der Waals surface area contributed by atoms with Crippen LogP contribution in [-0.2, 0) is 14.3 Å². The molecule has 2 unspecified atom stereocenters. The maximum atomic E-state index is 11.9. The van der Waals surface area contributed by atoms with E-state index in [2.05, 4.69) is 17.2 Å². The summed E-state index contributed by atoms with van der Waals surface area (Å²) in [6.45, 7) is 6.01. The van der Waals surface area contributed by atoms with E-state index in [1.807, 2.05) is 18.3 Å². The minimum absolute atomic E-state index is 0.137. The Kier molecular flexibility index (Phi) is 8.20. The fraction of sp³-hybridized carbons (Fsp3) is 0.452. The van der Waals surface area contributed by atoms with E-state index in [0.29, 0.717) is 51.8 Å². The molecule has 4 heterocycles. The van der Waals surface area contributed by atoms with Crippen LogP contribution in [0.15, 0.2) is 37.1 Å². The van der Waals surface area contributed by atoms with Gasteiger partial charge in [-0.15, -0.1) is 0 Å². The minimum atomic E-state index is -0.236. The smallest absolute Gasteiger partial charge is 0.243 e. The van der Waals surface area contributed by atoms with Crippen molar-refractivity contribution in [3.8, 4) is 22.8 Å². The number of carbonyl (C=O) groups is 1. The first kappa shape index (κ1) is 29.0. The van der Waals surface area contributed by atoms with Crippen molar-refractivity contribution in [2.24, 2.45) is 5.41 Å². The predicted molar refractivity (Wildman–Crippen MR) is 163 cm³/mol. The largest absolute Gasteiger partial charge is 0.495 e. The van der Waals surface area contributed by atoms with Gasteiger partial charge in [0.1, 0.15) is 17.3 Å². The zero-order chi connectivity index (χ0) is 29.4. The number of anilines is 1. The van der Waals surface area contributed by atoms with E-state index in [4.69, 9.17) is 52.1 Å². The highest BCUT2D eigenvalue weighted by Crippen LogP contribution is 2.53. The van der Waals surface area contributed by atoms with E-state index >= 15 is 0 Å². The molecule has 11 heteroatoms. The molecule has 222 valence electrons. The Balaban J connectivity index is 1.44. The molecule has 42 heavy (non-hydrogen) atoms. The molecule has 3 aliphatic rings. The molecule has 2 saturated heterocycles. The molecule has 2 aliphatic heterocycles. The number of hydrogen-bond acceptors (Lipinski definition) is 8. The molecule has 1 saturated carbocycles. The van der Waals surface area contributed by atoms with Crippen molar-refractivity contribution in [3.05, 3.63) is 52.8 Å². The maximum Gasteiger partial charge on any atom is 0.243 e. The Hall–Kier alpha value is -3.11. The van der Waals surface area contributed by atoms with Crippen LogP contribution in [0, 0.1) is 5.41 Å². The Morgan fingerprint density at radius 2 is 1.86 bits per heavy atom. The summed E-state index contributed by atoms with van der Waals surface area (Å²) < 4.78 is 22.5. The fourth-order valence-corrected chi connectivity index (χ4v) is 7.21. The molecule has 1 spiro atoms. The van der Waals surface area contributed by atoms with Crippen molar-refractivity contribution >= 4 is 45.7 Å². The molecule has 0 radical (unpaired) electrons. The van der Waals surface area contributed by atoms with Gasteiger partial charge in [-0.25, -0.2) is 4.98 Å². The lowest BCUT2D eigenvalue weighted by molar-refractivity contribution is -0.117. The Labute approximate surface area is 254 Å². The Morgan fingerprint density at radius 1 is 1.10 bits per heavy atom. The summed E-state index contributed by atoms with van der Waals surface area (Å²) >= 11 is 13.6. The fourth-order valence-electron chi connectivity index (χ4n) is 6.52. The normalized spacial score (nSPS) is 25.2. The maximum absolute atomic E-state index is 11.9. The van der Waals surface area contributed by atoms with Gasteiger partial charge in [0.05, 0.1) is 67.6 Å². The lowest BCUT2D eigenvalue weighted by atomic mass is 9.84. The number of aromatic nitrogens is 2. The number of rotatable bonds is 8.